The summed E-state index contributed by atoms with van der Waals surface area (Å²) < 4.78 is 2.68. The van der Waals surface area contributed by atoms with Gasteiger partial charge in [-0.15, -0.1) is 0 Å². The van der Waals surface area contributed by atoms with Gasteiger partial charge in [-0.05, 0) is 31.5 Å². The van der Waals surface area contributed by atoms with Crippen molar-refractivity contribution in [1.29, 1.82) is 0 Å². The van der Waals surface area contributed by atoms with Crippen molar-refractivity contribution >= 4 is 33.5 Å². The van der Waals surface area contributed by atoms with Crippen LogP contribution in [0.2, 0.25) is 0 Å². The predicted molar refractivity (Wildman–Crippen MR) is 84.2 cm³/mol. The monoisotopic (exact) mass is 362 g/mol. The van der Waals surface area contributed by atoms with E-state index in [2.05, 4.69) is 20.5 Å². The summed E-state index contributed by atoms with van der Waals surface area (Å²) in [6.45, 7) is 0.604. The molecule has 1 aromatic rings. The number of non-ortho nitro benzene ring substituents is 1. The van der Waals surface area contributed by atoms with Crippen LogP contribution in [0.5, 0.6) is 0 Å². The highest BCUT2D eigenvalue weighted by Gasteiger charge is 2.09. The summed E-state index contributed by atoms with van der Waals surface area (Å²) in [6.07, 6.45) is 2.16. The normalized spacial score (nSPS) is 11.0. The molecule has 0 heterocycles. The Bertz CT molecular complexity index is 441. The summed E-state index contributed by atoms with van der Waals surface area (Å²) in [7, 11) is 0. The van der Waals surface area contributed by atoms with Gasteiger partial charge in [-0.2, -0.15) is 0 Å². The van der Waals surface area contributed by atoms with E-state index in [0.717, 1.165) is 18.5 Å². The van der Waals surface area contributed by atoms with Crippen molar-refractivity contribution in [2.45, 2.75) is 25.3 Å². The Morgan fingerprint density at radius 2 is 1.95 bits per heavy atom. The number of nitro benzene ring substituents is 1. The van der Waals surface area contributed by atoms with Crippen molar-refractivity contribution in [1.82, 2.24) is 0 Å². The molecule has 1 aromatic carbocycles. The molecule has 8 nitrogen and oxygen atoms in total. The number of carboxylic acid groups (broad SMARTS) is 1. The van der Waals surface area contributed by atoms with Gasteiger partial charge in [0, 0.05) is 34.0 Å². The third-order valence-electron chi connectivity index (χ3n) is 2.47. The Morgan fingerprint density at radius 1 is 1.38 bits per heavy atom. The van der Waals surface area contributed by atoms with Crippen molar-refractivity contribution in [2.75, 3.05) is 10.9 Å². The fraction of sp³-hybridized carbons (Fsp3) is 0.417. The summed E-state index contributed by atoms with van der Waals surface area (Å²) >= 11 is 3.00. The van der Waals surface area contributed by atoms with E-state index in [1.54, 1.807) is 12.1 Å². The van der Waals surface area contributed by atoms with E-state index in [1.807, 2.05) is 0 Å². The molecule has 21 heavy (non-hydrogen) atoms. The zero-order valence-electron chi connectivity index (χ0n) is 11.4. The second-order valence-electron chi connectivity index (χ2n) is 4.13. The smallest absolute Gasteiger partial charge is 0.320 e. The molecule has 0 aliphatic heterocycles. The van der Waals surface area contributed by atoms with E-state index in [0.29, 0.717) is 13.0 Å². The molecule has 1 rings (SSSR count). The van der Waals surface area contributed by atoms with Gasteiger partial charge in [0.2, 0.25) is 0 Å². The summed E-state index contributed by atoms with van der Waals surface area (Å²) in [6, 6.07) is 5.39. The zero-order chi connectivity index (χ0) is 16.3. The van der Waals surface area contributed by atoms with E-state index in [4.69, 9.17) is 16.6 Å². The van der Waals surface area contributed by atoms with E-state index in [1.165, 1.54) is 12.1 Å². The molecular weight excluding hydrogens is 344 g/mol. The van der Waals surface area contributed by atoms with Gasteiger partial charge < -0.3 is 20.9 Å². The molecule has 9 heteroatoms. The third-order valence-corrected chi connectivity index (χ3v) is 2.93. The predicted octanol–water partition coefficient (Wildman–Crippen LogP) is 1.84. The van der Waals surface area contributed by atoms with Crippen LogP contribution < -0.4 is 15.8 Å². The number of aliphatic carboxylic acids is 1. The molecule has 6 N–H and O–H groups in total. The van der Waals surface area contributed by atoms with Crippen LogP contribution >= 0.6 is 16.1 Å². The first-order valence-electron chi connectivity index (χ1n) is 6.22. The quantitative estimate of drug-likeness (QED) is 0.250. The lowest BCUT2D eigenvalue weighted by Crippen LogP contribution is -2.29. The number of nitrogens with two attached hydrogens (primary N) is 2. The summed E-state index contributed by atoms with van der Waals surface area (Å²) in [4.78, 5) is 19.9. The standard InChI is InChI=1S/C6H5BrN2O2.C6H14N2O2/c7-8-5-1-3-6(4-2-5)9(10)11;7-4-2-1-3-5(8)6(9)10/h1-4,8H;5H,1-4,7-8H2,(H,9,10)/t;5-/m.0/s1. The van der Waals surface area contributed by atoms with Gasteiger partial charge in [0.15, 0.2) is 0 Å². The van der Waals surface area contributed by atoms with Crippen LogP contribution in [-0.4, -0.2) is 28.6 Å². The van der Waals surface area contributed by atoms with Gasteiger partial charge in [0.1, 0.15) is 6.04 Å². The summed E-state index contributed by atoms with van der Waals surface area (Å²) in [5, 5.41) is 18.5. The highest BCUT2D eigenvalue weighted by atomic mass is 79.9. The van der Waals surface area contributed by atoms with Crippen LogP contribution in [0.25, 0.3) is 0 Å². The highest BCUT2D eigenvalue weighted by Crippen LogP contribution is 2.15. The first-order valence-corrected chi connectivity index (χ1v) is 7.01. The molecule has 118 valence electrons. The van der Waals surface area contributed by atoms with Crippen LogP contribution in [0.3, 0.4) is 0 Å². The number of benzene rings is 1. The van der Waals surface area contributed by atoms with Crippen molar-refractivity contribution in [2.24, 2.45) is 11.5 Å². The number of hydrogen-bond donors (Lipinski definition) is 4. The number of carboxylic acids is 1. The lowest BCUT2D eigenvalue weighted by molar-refractivity contribution is -0.384. The molecule has 0 saturated heterocycles. The van der Waals surface area contributed by atoms with Gasteiger partial charge in [0.25, 0.3) is 5.69 Å². The zero-order valence-corrected chi connectivity index (χ0v) is 13.0. The number of hydrogen-bond acceptors (Lipinski definition) is 6. The first-order chi connectivity index (χ1) is 9.92. The Balaban J connectivity index is 0.000000384. The fourth-order valence-corrected chi connectivity index (χ4v) is 1.54. The largest absolute Gasteiger partial charge is 0.480 e. The molecule has 0 bridgehead atoms. The molecule has 0 fully saturated rings. The number of unbranched alkanes of at least 4 members (excludes halogenated alkanes) is 1. The van der Waals surface area contributed by atoms with E-state index in [9.17, 15) is 14.9 Å². The lowest BCUT2D eigenvalue weighted by atomic mass is 10.1. The number of carbonyl (C=O) groups is 1. The van der Waals surface area contributed by atoms with Crippen molar-refractivity contribution in [3.63, 3.8) is 0 Å². The molecule has 0 spiro atoms. The van der Waals surface area contributed by atoms with Crippen LogP contribution in [0.4, 0.5) is 11.4 Å². The maximum atomic E-state index is 10.2. The van der Waals surface area contributed by atoms with Crippen LogP contribution in [0.1, 0.15) is 19.3 Å². The number of halogens is 1. The lowest BCUT2D eigenvalue weighted by Gasteiger charge is -2.03. The van der Waals surface area contributed by atoms with Crippen LogP contribution in [0.15, 0.2) is 24.3 Å². The number of nitro groups is 1. The van der Waals surface area contributed by atoms with Gasteiger partial charge in [0.05, 0.1) is 4.92 Å². The van der Waals surface area contributed by atoms with E-state index in [-0.39, 0.29) is 5.69 Å². The topological polar surface area (TPSA) is 145 Å². The second-order valence-corrected chi connectivity index (χ2v) is 4.52. The molecule has 0 amide bonds. The minimum absolute atomic E-state index is 0.0940. The average molecular weight is 363 g/mol. The molecule has 0 unspecified atom stereocenters. The number of nitrogens with zero attached hydrogens (tertiary/aromatic N) is 1. The average Bonchev–Trinajstić information content (AvgIpc) is 2.48. The maximum absolute atomic E-state index is 10.2. The summed E-state index contributed by atoms with van der Waals surface area (Å²) in [5.41, 5.74) is 11.3. The molecule has 0 radical (unpaired) electrons. The minimum Gasteiger partial charge on any atom is -0.480 e. The Hall–Kier alpha value is -1.71. The Morgan fingerprint density at radius 3 is 2.33 bits per heavy atom. The molecule has 0 aromatic heterocycles. The number of anilines is 1. The maximum Gasteiger partial charge on any atom is 0.320 e. The molecular formula is C12H19BrN4O4. The SMILES string of the molecule is NCCCC[C@H](N)C(=O)O.O=[N+]([O-])c1ccc(NBr)cc1. The highest BCUT2D eigenvalue weighted by molar-refractivity contribution is 9.10. The van der Waals surface area contributed by atoms with Gasteiger partial charge in [-0.25, -0.2) is 0 Å². The van der Waals surface area contributed by atoms with Crippen LogP contribution in [-0.2, 0) is 4.79 Å². The van der Waals surface area contributed by atoms with Crippen molar-refractivity contribution in [3.8, 4) is 0 Å². The Labute approximate surface area is 131 Å². The number of rotatable bonds is 7. The third kappa shape index (κ3) is 8.95. The minimum atomic E-state index is -0.933. The summed E-state index contributed by atoms with van der Waals surface area (Å²) in [5.74, 6) is -0.933. The molecule has 0 aliphatic rings. The van der Waals surface area contributed by atoms with Gasteiger partial charge in [-0.3, -0.25) is 14.9 Å². The van der Waals surface area contributed by atoms with Crippen molar-refractivity contribution < 1.29 is 14.8 Å². The molecule has 0 saturated carbocycles. The van der Waals surface area contributed by atoms with Crippen molar-refractivity contribution in [3.05, 3.63) is 34.4 Å². The Kier molecular flexibility index (Phi) is 10.1. The van der Waals surface area contributed by atoms with Gasteiger partial charge in [-0.1, -0.05) is 6.42 Å². The van der Waals surface area contributed by atoms with E-state index >= 15 is 0 Å². The molecule has 0 aliphatic carbocycles. The van der Waals surface area contributed by atoms with Crippen LogP contribution in [0, 0.1) is 10.1 Å². The number of nitrogens with one attached hydrogen (secondary N) is 1. The molecule has 1 atom stereocenters. The first kappa shape index (κ1) is 19.3. The fourth-order valence-electron chi connectivity index (χ4n) is 1.28. The second kappa shape index (κ2) is 11.0. The van der Waals surface area contributed by atoms with Gasteiger partial charge >= 0.3 is 5.97 Å². The van der Waals surface area contributed by atoms with E-state index < -0.39 is 16.9 Å².